The molecule has 0 aliphatic heterocycles. The minimum atomic E-state index is -1.29. The first kappa shape index (κ1) is 6.77. The molecule has 0 aliphatic carbocycles. The molecule has 0 saturated heterocycles. The second-order valence-corrected chi connectivity index (χ2v) is 3.04. The Labute approximate surface area is 87.2 Å². The fourth-order valence-corrected chi connectivity index (χ4v) is 1.34. The molecule has 0 unspecified atom stereocenters. The van der Waals surface area contributed by atoms with Crippen molar-refractivity contribution in [2.24, 2.45) is 0 Å². The third kappa shape index (κ3) is 1.82. The molecule has 0 amide bonds. The molecule has 0 bridgehead atoms. The highest BCUT2D eigenvalue weighted by Gasteiger charge is 1.96. The Kier molecular flexibility index (Phi) is 1.96. The van der Waals surface area contributed by atoms with Gasteiger partial charge in [0.15, 0.2) is 0 Å². The molecule has 70 valence electrons. The largest absolute Gasteiger partial charge is 0.256 e. The molecule has 1 aromatic carbocycles. The van der Waals surface area contributed by atoms with Gasteiger partial charge in [-0.25, -0.2) is 0 Å². The summed E-state index contributed by atoms with van der Waals surface area (Å²) in [5.74, 6) is 0. The molecule has 2 rings (SSSR count). The zero-order chi connectivity index (χ0) is 11.6. The molecule has 0 spiro atoms. The summed E-state index contributed by atoms with van der Waals surface area (Å²) in [6, 6.07) is 13.2. The van der Waals surface area contributed by atoms with Gasteiger partial charge in [-0.3, -0.25) is 4.98 Å². The van der Waals surface area contributed by atoms with Crippen molar-refractivity contribution in [3.05, 3.63) is 54.2 Å². The van der Waals surface area contributed by atoms with Crippen molar-refractivity contribution in [1.82, 2.24) is 4.98 Å². The molecule has 1 nitrogen and oxygen atoms in total. The highest BCUT2D eigenvalue weighted by Crippen LogP contribution is 2.16. The molecule has 0 N–H and O–H groups in total. The maximum absolute atomic E-state index is 7.60. The van der Waals surface area contributed by atoms with Crippen LogP contribution in [0.1, 0.15) is 15.2 Å². The first-order valence-electron chi connectivity index (χ1n) is 5.59. The van der Waals surface area contributed by atoms with Crippen LogP contribution in [0.15, 0.2) is 48.7 Å². The minimum Gasteiger partial charge on any atom is -0.256 e. The van der Waals surface area contributed by atoms with Gasteiger partial charge in [-0.2, -0.15) is 0 Å². The van der Waals surface area contributed by atoms with Gasteiger partial charge in [0.1, 0.15) is 0 Å². The zero-order valence-corrected chi connectivity index (χ0v) is 8.07. The summed E-state index contributed by atoms with van der Waals surface area (Å²) in [6.45, 7) is 1.56. The average molecular weight is 185 g/mol. The van der Waals surface area contributed by atoms with Crippen LogP contribution in [0.3, 0.4) is 0 Å². The van der Waals surface area contributed by atoms with E-state index < -0.39 is 6.37 Å². The Morgan fingerprint density at radius 3 is 2.50 bits per heavy atom. The number of nitrogens with zero attached hydrogens (tertiary/aromatic N) is 1. The van der Waals surface area contributed by atoms with Crippen LogP contribution in [0.5, 0.6) is 0 Å². The lowest BCUT2D eigenvalue weighted by Crippen LogP contribution is -1.83. The molecule has 14 heavy (non-hydrogen) atoms. The number of rotatable bonds is 2. The van der Waals surface area contributed by atoms with Crippen LogP contribution in [-0.2, 0) is 6.37 Å². The molecule has 1 aromatic heterocycles. The van der Waals surface area contributed by atoms with Crippen LogP contribution in [-0.4, -0.2) is 4.98 Å². The second kappa shape index (κ2) is 4.05. The fraction of sp³-hybridized carbons (Fsp3) is 0.154. The smallest absolute Gasteiger partial charge is 0.0701 e. The summed E-state index contributed by atoms with van der Waals surface area (Å²) in [5.41, 5.74) is 2.60. The molecular weight excluding hydrogens is 170 g/mol. The van der Waals surface area contributed by atoms with Crippen molar-refractivity contribution in [2.75, 3.05) is 0 Å². The first-order valence-corrected chi connectivity index (χ1v) is 4.59. The van der Waals surface area contributed by atoms with E-state index in [1.807, 2.05) is 42.5 Å². The van der Waals surface area contributed by atoms with Crippen molar-refractivity contribution in [1.29, 1.82) is 0 Å². The maximum Gasteiger partial charge on any atom is 0.0701 e. The van der Waals surface area contributed by atoms with Gasteiger partial charge in [0.25, 0.3) is 0 Å². The Balaban J connectivity index is 2.34. The number of aromatic nitrogens is 1. The normalized spacial score (nSPS) is 13.2. The SMILES string of the molecule is [2H]C([2H])(C)c1ccc(-c2ccccn2)cc1. The summed E-state index contributed by atoms with van der Waals surface area (Å²) >= 11 is 0. The standard InChI is InChI=1S/C13H13N/c1-2-11-6-8-12(9-7-11)13-5-3-4-10-14-13/h3-10H,2H2,1H3/i2D2. The summed E-state index contributed by atoms with van der Waals surface area (Å²) in [7, 11) is 0. The van der Waals surface area contributed by atoms with E-state index in [9.17, 15) is 0 Å². The van der Waals surface area contributed by atoms with Gasteiger partial charge >= 0.3 is 0 Å². The average Bonchev–Trinajstić information content (AvgIpc) is 2.29. The van der Waals surface area contributed by atoms with Crippen LogP contribution < -0.4 is 0 Å². The summed E-state index contributed by atoms with van der Waals surface area (Å²) in [5, 5.41) is 0. The first-order chi connectivity index (χ1) is 7.57. The number of pyridine rings is 1. The van der Waals surface area contributed by atoms with Gasteiger partial charge in [0, 0.05) is 14.5 Å². The van der Waals surface area contributed by atoms with Crippen LogP contribution in [0.2, 0.25) is 0 Å². The van der Waals surface area contributed by atoms with E-state index in [1.165, 1.54) is 0 Å². The van der Waals surface area contributed by atoms with E-state index in [2.05, 4.69) is 4.98 Å². The van der Waals surface area contributed by atoms with Crippen LogP contribution >= 0.6 is 0 Å². The predicted octanol–water partition coefficient (Wildman–Crippen LogP) is 3.31. The number of benzene rings is 1. The summed E-state index contributed by atoms with van der Waals surface area (Å²) in [4.78, 5) is 4.25. The lowest BCUT2D eigenvalue weighted by Gasteiger charge is -2.01. The molecule has 1 heterocycles. The van der Waals surface area contributed by atoms with Crippen molar-refractivity contribution in [3.8, 4) is 11.3 Å². The van der Waals surface area contributed by atoms with Crippen molar-refractivity contribution in [3.63, 3.8) is 0 Å². The van der Waals surface area contributed by atoms with Gasteiger partial charge in [-0.15, -0.1) is 0 Å². The summed E-state index contributed by atoms with van der Waals surface area (Å²) < 4.78 is 15.2. The number of hydrogen-bond donors (Lipinski definition) is 0. The summed E-state index contributed by atoms with van der Waals surface area (Å²) in [6.07, 6.45) is 0.463. The second-order valence-electron chi connectivity index (χ2n) is 3.04. The quantitative estimate of drug-likeness (QED) is 0.699. The van der Waals surface area contributed by atoms with Crippen LogP contribution in [0.25, 0.3) is 11.3 Å². The topological polar surface area (TPSA) is 12.9 Å². The predicted molar refractivity (Wildman–Crippen MR) is 59.1 cm³/mol. The van der Waals surface area contributed by atoms with Gasteiger partial charge in [0.2, 0.25) is 0 Å². The molecule has 2 aromatic rings. The molecule has 0 atom stereocenters. The Morgan fingerprint density at radius 2 is 1.93 bits per heavy atom. The third-order valence-electron chi connectivity index (χ3n) is 2.13. The molecule has 1 heteroatoms. The lowest BCUT2D eigenvalue weighted by atomic mass is 10.1. The van der Waals surface area contributed by atoms with E-state index in [0.717, 1.165) is 11.3 Å². The fourth-order valence-electron chi connectivity index (χ4n) is 1.34. The highest BCUT2D eigenvalue weighted by molar-refractivity contribution is 5.58. The number of aryl methyl sites for hydroxylation is 1. The Morgan fingerprint density at radius 1 is 1.14 bits per heavy atom. The Hall–Kier alpha value is -1.63. The molecule has 0 fully saturated rings. The van der Waals surface area contributed by atoms with Crippen LogP contribution in [0.4, 0.5) is 0 Å². The van der Waals surface area contributed by atoms with E-state index in [1.54, 1.807) is 13.1 Å². The molecular formula is C13H13N. The number of hydrogen-bond acceptors (Lipinski definition) is 1. The van der Waals surface area contributed by atoms with Gasteiger partial charge < -0.3 is 0 Å². The van der Waals surface area contributed by atoms with Gasteiger partial charge in [-0.1, -0.05) is 37.3 Å². The van der Waals surface area contributed by atoms with E-state index in [0.29, 0.717) is 5.56 Å². The maximum atomic E-state index is 7.60. The lowest BCUT2D eigenvalue weighted by molar-refractivity contribution is 1.14. The molecule has 0 aliphatic rings. The third-order valence-corrected chi connectivity index (χ3v) is 2.13. The van der Waals surface area contributed by atoms with Gasteiger partial charge in [0.05, 0.1) is 5.69 Å². The minimum absolute atomic E-state index is 0.687. The van der Waals surface area contributed by atoms with E-state index in [4.69, 9.17) is 2.74 Å². The Bertz CT molecular complexity index is 458. The highest BCUT2D eigenvalue weighted by atomic mass is 14.7. The van der Waals surface area contributed by atoms with E-state index >= 15 is 0 Å². The zero-order valence-electron chi connectivity index (χ0n) is 10.1. The molecule has 0 saturated carbocycles. The van der Waals surface area contributed by atoms with E-state index in [-0.39, 0.29) is 0 Å². The monoisotopic (exact) mass is 185 g/mol. The molecule has 0 radical (unpaired) electrons. The van der Waals surface area contributed by atoms with Crippen molar-refractivity contribution >= 4 is 0 Å². The van der Waals surface area contributed by atoms with Crippen molar-refractivity contribution < 1.29 is 2.74 Å². The van der Waals surface area contributed by atoms with Crippen LogP contribution in [0, 0.1) is 0 Å². The van der Waals surface area contributed by atoms with Crippen molar-refractivity contribution in [2.45, 2.75) is 13.3 Å². The van der Waals surface area contributed by atoms with Gasteiger partial charge in [-0.05, 0) is 24.1 Å².